The fourth-order valence-corrected chi connectivity index (χ4v) is 5.26. The Labute approximate surface area is 227 Å². The number of hydrogen-bond acceptors (Lipinski definition) is 6. The average Bonchev–Trinajstić information content (AvgIpc) is 2.98. The SMILES string of the molecule is CN1CCN(c2ccc(-c3cnc4cccc(-c5ccc(CC(=O)N6CCOCC6)c(F)c5)c4n3)cc2)CC1. The molecule has 3 heterocycles. The zero-order valence-corrected chi connectivity index (χ0v) is 22.1. The lowest BCUT2D eigenvalue weighted by atomic mass is 10.00. The number of halogens is 1. The minimum absolute atomic E-state index is 0.0374. The van der Waals surface area contributed by atoms with Crippen LogP contribution in [0.1, 0.15) is 5.56 Å². The molecular formula is C31H32FN5O2. The fraction of sp³-hybridized carbons (Fsp3) is 0.323. The highest BCUT2D eigenvalue weighted by atomic mass is 19.1. The second kappa shape index (κ2) is 11.1. The zero-order valence-electron chi connectivity index (χ0n) is 22.1. The Bertz CT molecular complexity index is 1480. The largest absolute Gasteiger partial charge is 0.378 e. The number of piperazine rings is 1. The van der Waals surface area contributed by atoms with Gasteiger partial charge in [0.25, 0.3) is 0 Å². The van der Waals surface area contributed by atoms with Crippen LogP contribution in [0.3, 0.4) is 0 Å². The van der Waals surface area contributed by atoms with E-state index in [4.69, 9.17) is 9.72 Å². The number of amides is 1. The van der Waals surface area contributed by atoms with Gasteiger partial charge in [-0.25, -0.2) is 9.37 Å². The van der Waals surface area contributed by atoms with Crippen LogP contribution in [0, 0.1) is 5.82 Å². The van der Waals surface area contributed by atoms with Gasteiger partial charge in [0.2, 0.25) is 5.91 Å². The molecule has 39 heavy (non-hydrogen) atoms. The summed E-state index contributed by atoms with van der Waals surface area (Å²) in [7, 11) is 2.16. The van der Waals surface area contributed by atoms with E-state index in [9.17, 15) is 4.79 Å². The number of fused-ring (bicyclic) bond motifs is 1. The average molecular weight is 526 g/mol. The van der Waals surface area contributed by atoms with Crippen molar-refractivity contribution in [3.63, 3.8) is 0 Å². The van der Waals surface area contributed by atoms with E-state index in [-0.39, 0.29) is 12.3 Å². The number of hydrogen-bond donors (Lipinski definition) is 0. The molecular weight excluding hydrogens is 493 g/mol. The van der Waals surface area contributed by atoms with E-state index in [1.165, 1.54) is 11.8 Å². The van der Waals surface area contributed by atoms with Crippen LogP contribution in [0.4, 0.5) is 10.1 Å². The minimum atomic E-state index is -0.394. The van der Waals surface area contributed by atoms with Crippen molar-refractivity contribution in [1.82, 2.24) is 19.8 Å². The number of para-hydroxylation sites is 1. The smallest absolute Gasteiger partial charge is 0.227 e. The first-order valence-corrected chi connectivity index (χ1v) is 13.5. The lowest BCUT2D eigenvalue weighted by molar-refractivity contribution is -0.134. The van der Waals surface area contributed by atoms with Crippen molar-refractivity contribution >= 4 is 22.6 Å². The van der Waals surface area contributed by atoms with Crippen LogP contribution >= 0.6 is 0 Å². The van der Waals surface area contributed by atoms with Crippen molar-refractivity contribution in [2.45, 2.75) is 6.42 Å². The van der Waals surface area contributed by atoms with E-state index in [0.717, 1.165) is 54.0 Å². The number of anilines is 1. The van der Waals surface area contributed by atoms with Crippen LogP contribution in [0.15, 0.2) is 66.9 Å². The molecule has 3 aromatic carbocycles. The molecule has 2 aliphatic heterocycles. The number of likely N-dealkylation sites (N-methyl/N-ethyl adjacent to an activating group) is 1. The first-order valence-electron chi connectivity index (χ1n) is 13.5. The van der Waals surface area contributed by atoms with E-state index in [1.54, 1.807) is 17.2 Å². The number of carbonyl (C=O) groups excluding carboxylic acids is 1. The van der Waals surface area contributed by atoms with Gasteiger partial charge in [0.05, 0.1) is 42.6 Å². The summed E-state index contributed by atoms with van der Waals surface area (Å²) in [6, 6.07) is 19.3. The molecule has 200 valence electrons. The number of morpholine rings is 1. The van der Waals surface area contributed by atoms with Gasteiger partial charge in [-0.15, -0.1) is 0 Å². The van der Waals surface area contributed by atoms with Crippen LogP contribution in [-0.2, 0) is 16.0 Å². The molecule has 4 aromatic rings. The van der Waals surface area contributed by atoms with E-state index in [2.05, 4.69) is 46.1 Å². The number of nitrogens with zero attached hydrogens (tertiary/aromatic N) is 5. The van der Waals surface area contributed by atoms with Crippen molar-refractivity contribution in [2.75, 3.05) is 64.4 Å². The molecule has 7 nitrogen and oxygen atoms in total. The molecule has 0 N–H and O–H groups in total. The lowest BCUT2D eigenvalue weighted by Crippen LogP contribution is -2.44. The third kappa shape index (κ3) is 5.48. The van der Waals surface area contributed by atoms with Gasteiger partial charge in [0, 0.05) is 56.1 Å². The number of carbonyl (C=O) groups is 1. The van der Waals surface area contributed by atoms with Crippen LogP contribution in [-0.4, -0.2) is 85.2 Å². The molecule has 1 aromatic heterocycles. The van der Waals surface area contributed by atoms with Crippen LogP contribution in [0.2, 0.25) is 0 Å². The molecule has 6 rings (SSSR count). The van der Waals surface area contributed by atoms with E-state index in [1.807, 2.05) is 24.3 Å². The normalized spacial score (nSPS) is 16.6. The van der Waals surface area contributed by atoms with Crippen molar-refractivity contribution < 1.29 is 13.9 Å². The molecule has 2 aliphatic rings. The Balaban J connectivity index is 1.25. The standard InChI is InChI=1S/C31H32FN5O2/c1-35-11-13-36(14-12-35)25-9-7-22(8-10-25)29-21-33-28-4-2-3-26(31(28)34-29)23-5-6-24(27(32)19-23)20-30(38)37-15-17-39-18-16-37/h2-10,19,21H,11-18,20H2,1H3. The lowest BCUT2D eigenvalue weighted by Gasteiger charge is -2.34. The Morgan fingerprint density at radius 1 is 0.923 bits per heavy atom. The van der Waals surface area contributed by atoms with E-state index in [0.29, 0.717) is 37.4 Å². The number of aromatic nitrogens is 2. The molecule has 0 aliphatic carbocycles. The van der Waals surface area contributed by atoms with Gasteiger partial charge in [-0.3, -0.25) is 9.78 Å². The summed E-state index contributed by atoms with van der Waals surface area (Å²) in [5.74, 6) is -0.473. The highest BCUT2D eigenvalue weighted by Crippen LogP contribution is 2.30. The monoisotopic (exact) mass is 525 g/mol. The fourth-order valence-electron chi connectivity index (χ4n) is 5.26. The van der Waals surface area contributed by atoms with Gasteiger partial charge in [0.1, 0.15) is 5.82 Å². The van der Waals surface area contributed by atoms with Crippen molar-refractivity contribution in [3.05, 3.63) is 78.2 Å². The Hall–Kier alpha value is -3.88. The third-order valence-electron chi connectivity index (χ3n) is 7.67. The number of rotatable bonds is 5. The maximum Gasteiger partial charge on any atom is 0.227 e. The molecule has 1 amide bonds. The molecule has 0 atom stereocenters. The number of benzene rings is 3. The summed E-state index contributed by atoms with van der Waals surface area (Å²) in [6.07, 6.45) is 1.83. The Kier molecular flexibility index (Phi) is 7.22. The van der Waals surface area contributed by atoms with Gasteiger partial charge in [-0.2, -0.15) is 0 Å². The molecule has 2 saturated heterocycles. The highest BCUT2D eigenvalue weighted by Gasteiger charge is 2.19. The van der Waals surface area contributed by atoms with E-state index >= 15 is 4.39 Å². The summed E-state index contributed by atoms with van der Waals surface area (Å²) in [6.45, 7) is 6.31. The second-order valence-electron chi connectivity index (χ2n) is 10.2. The Morgan fingerprint density at radius 2 is 1.67 bits per heavy atom. The maximum absolute atomic E-state index is 15.2. The van der Waals surface area contributed by atoms with Gasteiger partial charge in [-0.05, 0) is 42.4 Å². The molecule has 0 unspecified atom stereocenters. The molecule has 0 saturated carbocycles. The van der Waals surface area contributed by atoms with Gasteiger partial charge in [-0.1, -0.05) is 36.4 Å². The van der Waals surface area contributed by atoms with Gasteiger partial charge >= 0.3 is 0 Å². The zero-order chi connectivity index (χ0) is 26.8. The van der Waals surface area contributed by atoms with Crippen molar-refractivity contribution in [2.24, 2.45) is 0 Å². The maximum atomic E-state index is 15.2. The summed E-state index contributed by atoms with van der Waals surface area (Å²) >= 11 is 0. The first kappa shape index (κ1) is 25.4. The third-order valence-corrected chi connectivity index (χ3v) is 7.67. The molecule has 8 heteroatoms. The topological polar surface area (TPSA) is 61.8 Å². The first-order chi connectivity index (χ1) is 19.0. The summed E-state index contributed by atoms with van der Waals surface area (Å²) in [4.78, 5) is 28.7. The van der Waals surface area contributed by atoms with Crippen molar-refractivity contribution in [3.8, 4) is 22.4 Å². The molecule has 0 spiro atoms. The minimum Gasteiger partial charge on any atom is -0.378 e. The molecule has 2 fully saturated rings. The van der Waals surface area contributed by atoms with Gasteiger partial charge < -0.3 is 19.4 Å². The highest BCUT2D eigenvalue weighted by molar-refractivity contribution is 5.92. The van der Waals surface area contributed by atoms with Crippen LogP contribution < -0.4 is 4.90 Å². The predicted molar refractivity (Wildman–Crippen MR) is 151 cm³/mol. The summed E-state index contributed by atoms with van der Waals surface area (Å²) < 4.78 is 20.5. The van der Waals surface area contributed by atoms with Gasteiger partial charge in [0.15, 0.2) is 0 Å². The molecule has 0 radical (unpaired) electrons. The van der Waals surface area contributed by atoms with Crippen molar-refractivity contribution in [1.29, 1.82) is 0 Å². The second-order valence-corrected chi connectivity index (χ2v) is 10.2. The Morgan fingerprint density at radius 3 is 2.41 bits per heavy atom. The molecule has 0 bridgehead atoms. The van der Waals surface area contributed by atoms with Crippen LogP contribution in [0.5, 0.6) is 0 Å². The summed E-state index contributed by atoms with van der Waals surface area (Å²) in [5.41, 5.74) is 6.34. The quantitative estimate of drug-likeness (QED) is 0.388. The van der Waals surface area contributed by atoms with E-state index < -0.39 is 5.82 Å². The number of ether oxygens (including phenoxy) is 1. The predicted octanol–water partition coefficient (Wildman–Crippen LogP) is 4.26. The summed E-state index contributed by atoms with van der Waals surface area (Å²) in [5, 5.41) is 0. The van der Waals surface area contributed by atoms with Crippen LogP contribution in [0.25, 0.3) is 33.4 Å².